The van der Waals surface area contributed by atoms with E-state index < -0.39 is 0 Å². The molecule has 10 rings (SSSR count). The second-order valence-electron chi connectivity index (χ2n) is 12.4. The molecule has 7 aromatic carbocycles. The van der Waals surface area contributed by atoms with Crippen LogP contribution >= 0.6 is 11.3 Å². The maximum Gasteiger partial charge on any atom is 0.165 e. The number of fused-ring (bicyclic) bond motifs is 6. The average Bonchev–Trinajstić information content (AvgIpc) is 3.76. The minimum atomic E-state index is 0.658. The van der Waals surface area contributed by atoms with Crippen LogP contribution in [0, 0.1) is 0 Å². The molecular formula is C45H27N3OS. The molecule has 0 saturated carbocycles. The van der Waals surface area contributed by atoms with Crippen molar-refractivity contribution in [2.75, 3.05) is 0 Å². The van der Waals surface area contributed by atoms with Crippen LogP contribution in [0.2, 0.25) is 0 Å². The standard InChI is InChI=1S/C45H27N3OS/c1-4-12-28(13-5-1)31-22-24-38-37(26-31)41-33(18-11-21-39(41)49-38)32-23-25-40-36(27-32)34-19-10-20-35(42(34)50-40)45-47-43(29-14-6-2-7-15-29)46-44(48-45)30-16-8-3-9-17-30/h1-27H. The van der Waals surface area contributed by atoms with Crippen LogP contribution in [0.4, 0.5) is 0 Å². The molecule has 0 bridgehead atoms. The van der Waals surface area contributed by atoms with Crippen LogP contribution in [0.15, 0.2) is 168 Å². The average molecular weight is 658 g/mol. The fraction of sp³-hybridized carbons (Fsp3) is 0. The number of furan rings is 1. The van der Waals surface area contributed by atoms with E-state index in [0.29, 0.717) is 17.5 Å². The highest BCUT2D eigenvalue weighted by Gasteiger charge is 2.18. The Labute approximate surface area is 292 Å². The van der Waals surface area contributed by atoms with Gasteiger partial charge in [0.2, 0.25) is 0 Å². The van der Waals surface area contributed by atoms with E-state index in [4.69, 9.17) is 19.4 Å². The largest absolute Gasteiger partial charge is 0.456 e. The Balaban J connectivity index is 1.14. The first-order valence-corrected chi connectivity index (χ1v) is 17.4. The molecule has 234 valence electrons. The zero-order chi connectivity index (χ0) is 33.0. The summed E-state index contributed by atoms with van der Waals surface area (Å²) in [5, 5.41) is 4.64. The molecular weight excluding hydrogens is 631 g/mol. The number of thiophene rings is 1. The van der Waals surface area contributed by atoms with E-state index in [9.17, 15) is 0 Å². The van der Waals surface area contributed by atoms with Crippen molar-refractivity contribution in [1.29, 1.82) is 0 Å². The van der Waals surface area contributed by atoms with E-state index in [1.807, 2.05) is 60.7 Å². The highest BCUT2D eigenvalue weighted by molar-refractivity contribution is 7.26. The van der Waals surface area contributed by atoms with Gasteiger partial charge in [-0.1, -0.05) is 127 Å². The zero-order valence-electron chi connectivity index (χ0n) is 26.7. The second-order valence-corrected chi connectivity index (χ2v) is 13.4. The zero-order valence-corrected chi connectivity index (χ0v) is 27.6. The van der Waals surface area contributed by atoms with E-state index in [-0.39, 0.29) is 0 Å². The van der Waals surface area contributed by atoms with Crippen LogP contribution in [0.3, 0.4) is 0 Å². The maximum absolute atomic E-state index is 6.38. The number of rotatable bonds is 5. The number of benzene rings is 7. The Morgan fingerprint density at radius 3 is 1.70 bits per heavy atom. The van der Waals surface area contributed by atoms with Gasteiger partial charge in [-0.2, -0.15) is 0 Å². The molecule has 3 heterocycles. The first-order chi connectivity index (χ1) is 24.8. The summed E-state index contributed by atoms with van der Waals surface area (Å²) in [4.78, 5) is 15.0. The van der Waals surface area contributed by atoms with Crippen molar-refractivity contribution in [3.8, 4) is 56.4 Å². The van der Waals surface area contributed by atoms with Gasteiger partial charge in [-0.3, -0.25) is 0 Å². The molecule has 0 unspecified atom stereocenters. The van der Waals surface area contributed by atoms with Gasteiger partial charge in [-0.15, -0.1) is 11.3 Å². The molecule has 0 aliphatic rings. The number of hydrogen-bond acceptors (Lipinski definition) is 5. The molecule has 0 aliphatic carbocycles. The quantitative estimate of drug-likeness (QED) is 0.185. The molecule has 10 aromatic rings. The molecule has 0 radical (unpaired) electrons. The summed E-state index contributed by atoms with van der Waals surface area (Å²) in [6.45, 7) is 0. The van der Waals surface area contributed by atoms with Crippen LogP contribution in [-0.4, -0.2) is 15.0 Å². The SMILES string of the molecule is c1ccc(-c2ccc3oc4cccc(-c5ccc6sc7c(-c8nc(-c9ccccc9)nc(-c9ccccc9)n8)cccc7c6c5)c4c3c2)cc1. The van der Waals surface area contributed by atoms with Gasteiger partial charge in [0.1, 0.15) is 11.2 Å². The fourth-order valence-electron chi connectivity index (χ4n) is 6.95. The molecule has 50 heavy (non-hydrogen) atoms. The Kier molecular flexibility index (Phi) is 6.64. The number of aromatic nitrogens is 3. The first-order valence-electron chi connectivity index (χ1n) is 16.6. The van der Waals surface area contributed by atoms with Crippen molar-refractivity contribution in [3.63, 3.8) is 0 Å². The number of hydrogen-bond donors (Lipinski definition) is 0. The maximum atomic E-state index is 6.38. The van der Waals surface area contributed by atoms with Gasteiger partial charge in [0.05, 0.1) is 0 Å². The summed E-state index contributed by atoms with van der Waals surface area (Å²) in [6.07, 6.45) is 0. The molecule has 0 spiro atoms. The van der Waals surface area contributed by atoms with Gasteiger partial charge in [0.15, 0.2) is 17.5 Å². The van der Waals surface area contributed by atoms with Gasteiger partial charge >= 0.3 is 0 Å². The summed E-state index contributed by atoms with van der Waals surface area (Å²) >= 11 is 1.78. The van der Waals surface area contributed by atoms with Gasteiger partial charge in [-0.25, -0.2) is 15.0 Å². The van der Waals surface area contributed by atoms with Gasteiger partial charge in [-0.05, 0) is 58.7 Å². The fourth-order valence-corrected chi connectivity index (χ4v) is 8.14. The minimum Gasteiger partial charge on any atom is -0.456 e. The van der Waals surface area contributed by atoms with E-state index in [0.717, 1.165) is 54.5 Å². The molecule has 5 heteroatoms. The van der Waals surface area contributed by atoms with Crippen LogP contribution in [-0.2, 0) is 0 Å². The third-order valence-electron chi connectivity index (χ3n) is 9.35. The van der Waals surface area contributed by atoms with Crippen LogP contribution < -0.4 is 0 Å². The van der Waals surface area contributed by atoms with Crippen molar-refractivity contribution in [2.45, 2.75) is 0 Å². The van der Waals surface area contributed by atoms with E-state index in [1.165, 1.54) is 26.6 Å². The lowest BCUT2D eigenvalue weighted by atomic mass is 9.96. The Morgan fingerprint density at radius 2 is 0.980 bits per heavy atom. The lowest BCUT2D eigenvalue weighted by Crippen LogP contribution is -2.00. The molecule has 0 fully saturated rings. The molecule has 0 N–H and O–H groups in total. The lowest BCUT2D eigenvalue weighted by Gasteiger charge is -2.09. The Hall–Kier alpha value is -6.43. The monoisotopic (exact) mass is 657 g/mol. The third kappa shape index (κ3) is 4.79. The van der Waals surface area contributed by atoms with Crippen molar-refractivity contribution < 1.29 is 4.42 Å². The smallest absolute Gasteiger partial charge is 0.165 e. The minimum absolute atomic E-state index is 0.658. The predicted molar refractivity (Wildman–Crippen MR) is 207 cm³/mol. The molecule has 0 aliphatic heterocycles. The molecule has 4 nitrogen and oxygen atoms in total. The van der Waals surface area contributed by atoms with E-state index in [2.05, 4.69) is 103 Å². The van der Waals surface area contributed by atoms with Crippen molar-refractivity contribution >= 4 is 53.4 Å². The van der Waals surface area contributed by atoms with Gasteiger partial charge in [0.25, 0.3) is 0 Å². The first kappa shape index (κ1) is 28.6. The van der Waals surface area contributed by atoms with Gasteiger partial charge in [0, 0.05) is 47.6 Å². The summed E-state index contributed by atoms with van der Waals surface area (Å²) in [6, 6.07) is 56.8. The summed E-state index contributed by atoms with van der Waals surface area (Å²) < 4.78 is 8.75. The van der Waals surface area contributed by atoms with Crippen LogP contribution in [0.25, 0.3) is 98.5 Å². The van der Waals surface area contributed by atoms with E-state index >= 15 is 0 Å². The van der Waals surface area contributed by atoms with Crippen LogP contribution in [0.5, 0.6) is 0 Å². The summed E-state index contributed by atoms with van der Waals surface area (Å²) in [7, 11) is 0. The van der Waals surface area contributed by atoms with Crippen molar-refractivity contribution in [1.82, 2.24) is 15.0 Å². The Morgan fingerprint density at radius 1 is 0.380 bits per heavy atom. The normalized spacial score (nSPS) is 11.6. The molecule has 0 amide bonds. The summed E-state index contributed by atoms with van der Waals surface area (Å²) in [5.41, 5.74) is 9.36. The van der Waals surface area contributed by atoms with Crippen LogP contribution in [0.1, 0.15) is 0 Å². The van der Waals surface area contributed by atoms with Crippen molar-refractivity contribution in [2.24, 2.45) is 0 Å². The molecule has 0 saturated heterocycles. The highest BCUT2D eigenvalue weighted by atomic mass is 32.1. The molecule has 0 atom stereocenters. The predicted octanol–water partition coefficient (Wildman–Crippen LogP) is 12.5. The summed E-state index contributed by atoms with van der Waals surface area (Å²) in [5.74, 6) is 1.98. The van der Waals surface area contributed by atoms with E-state index in [1.54, 1.807) is 11.3 Å². The topological polar surface area (TPSA) is 51.8 Å². The highest BCUT2D eigenvalue weighted by Crippen LogP contribution is 2.43. The van der Waals surface area contributed by atoms with Crippen molar-refractivity contribution in [3.05, 3.63) is 164 Å². The van der Waals surface area contributed by atoms with Gasteiger partial charge < -0.3 is 4.42 Å². The third-order valence-corrected chi connectivity index (χ3v) is 10.6. The molecule has 3 aromatic heterocycles. The second kappa shape index (κ2) is 11.6. The Bertz CT molecular complexity index is 2800. The number of nitrogens with zero attached hydrogens (tertiary/aromatic N) is 3. The lowest BCUT2D eigenvalue weighted by molar-refractivity contribution is 0.669.